The Balaban J connectivity index is 2.21. The minimum Gasteiger partial charge on any atom is -0.355 e. The lowest BCUT2D eigenvalue weighted by Crippen LogP contribution is -2.33. The molecule has 0 N–H and O–H groups in total. The summed E-state index contributed by atoms with van der Waals surface area (Å²) in [6.07, 6.45) is 1.94. The Kier molecular flexibility index (Phi) is 3.43. The third kappa shape index (κ3) is 2.70. The normalized spacial score (nSPS) is 17.6. The van der Waals surface area contributed by atoms with Gasteiger partial charge in [-0.25, -0.2) is 4.98 Å². The summed E-state index contributed by atoms with van der Waals surface area (Å²) in [6.45, 7) is 9.00. The third-order valence-corrected chi connectivity index (χ3v) is 3.89. The molecule has 1 aromatic rings. The van der Waals surface area contributed by atoms with Crippen LogP contribution in [0.3, 0.4) is 0 Å². The first-order valence-electron chi connectivity index (χ1n) is 5.86. The number of thioether (sulfide) groups is 1. The summed E-state index contributed by atoms with van der Waals surface area (Å²) in [7, 11) is 0. The first-order chi connectivity index (χ1) is 7.57. The maximum Gasteiger partial charge on any atom is 0.128 e. The molecule has 0 atom stereocenters. The highest BCUT2D eigenvalue weighted by atomic mass is 32.2. The lowest BCUT2D eigenvalue weighted by atomic mass is 9.88. The van der Waals surface area contributed by atoms with Gasteiger partial charge in [0, 0.05) is 30.8 Å². The maximum absolute atomic E-state index is 4.49. The van der Waals surface area contributed by atoms with E-state index in [0.717, 1.165) is 18.9 Å². The monoisotopic (exact) mass is 236 g/mol. The zero-order valence-corrected chi connectivity index (χ0v) is 11.2. The van der Waals surface area contributed by atoms with E-state index in [4.69, 9.17) is 0 Å². The van der Waals surface area contributed by atoms with Crippen LogP contribution in [0.1, 0.15) is 26.3 Å². The number of pyridine rings is 1. The quantitative estimate of drug-likeness (QED) is 0.746. The van der Waals surface area contributed by atoms with Gasteiger partial charge in [0.25, 0.3) is 0 Å². The van der Waals surface area contributed by atoms with Crippen LogP contribution in [0.25, 0.3) is 0 Å². The maximum atomic E-state index is 4.49. The summed E-state index contributed by atoms with van der Waals surface area (Å²) < 4.78 is 0. The number of aromatic nitrogens is 1. The van der Waals surface area contributed by atoms with E-state index in [1.54, 1.807) is 0 Å². The van der Waals surface area contributed by atoms with E-state index in [9.17, 15) is 0 Å². The SMILES string of the molecule is CC(C)(C)c1ccnc(N2CCSCC2)c1. The fourth-order valence-electron chi connectivity index (χ4n) is 1.85. The Labute approximate surface area is 102 Å². The smallest absolute Gasteiger partial charge is 0.128 e. The lowest BCUT2D eigenvalue weighted by molar-refractivity contribution is 0.588. The molecule has 0 amide bonds. The van der Waals surface area contributed by atoms with Gasteiger partial charge in [0.1, 0.15) is 5.82 Å². The summed E-state index contributed by atoms with van der Waals surface area (Å²) in [5.41, 5.74) is 1.58. The molecule has 0 bridgehead atoms. The third-order valence-electron chi connectivity index (χ3n) is 2.95. The highest BCUT2D eigenvalue weighted by Gasteiger charge is 2.17. The van der Waals surface area contributed by atoms with Crippen molar-refractivity contribution in [2.24, 2.45) is 0 Å². The number of nitrogens with zero attached hydrogens (tertiary/aromatic N) is 2. The van der Waals surface area contributed by atoms with Crippen molar-refractivity contribution in [2.45, 2.75) is 26.2 Å². The molecule has 1 aliphatic heterocycles. The predicted molar refractivity (Wildman–Crippen MR) is 72.5 cm³/mol. The fraction of sp³-hybridized carbons (Fsp3) is 0.615. The summed E-state index contributed by atoms with van der Waals surface area (Å²) in [5, 5.41) is 0. The van der Waals surface area contributed by atoms with Gasteiger partial charge in [-0.05, 0) is 23.1 Å². The molecule has 0 aromatic carbocycles. The standard InChI is InChI=1S/C13H20N2S/c1-13(2,3)11-4-5-14-12(10-11)15-6-8-16-9-7-15/h4-5,10H,6-9H2,1-3H3. The molecule has 0 saturated carbocycles. The molecule has 3 heteroatoms. The van der Waals surface area contributed by atoms with Gasteiger partial charge >= 0.3 is 0 Å². The van der Waals surface area contributed by atoms with Crippen molar-refractivity contribution in [2.75, 3.05) is 29.5 Å². The average Bonchev–Trinajstić information content (AvgIpc) is 2.29. The van der Waals surface area contributed by atoms with Gasteiger partial charge < -0.3 is 4.90 Å². The van der Waals surface area contributed by atoms with Crippen molar-refractivity contribution in [3.63, 3.8) is 0 Å². The minimum absolute atomic E-state index is 0.211. The van der Waals surface area contributed by atoms with Crippen LogP contribution in [0, 0.1) is 0 Å². The van der Waals surface area contributed by atoms with Gasteiger partial charge in [-0.15, -0.1) is 0 Å². The van der Waals surface area contributed by atoms with Crippen LogP contribution in [0.5, 0.6) is 0 Å². The molecule has 1 aromatic heterocycles. The molecule has 0 radical (unpaired) electrons. The van der Waals surface area contributed by atoms with Gasteiger partial charge in [-0.2, -0.15) is 11.8 Å². The Bertz CT molecular complexity index is 351. The number of hydrogen-bond donors (Lipinski definition) is 0. The van der Waals surface area contributed by atoms with E-state index in [2.05, 4.69) is 42.8 Å². The second kappa shape index (κ2) is 4.66. The summed E-state index contributed by atoms with van der Waals surface area (Å²) in [6, 6.07) is 4.37. The second-order valence-corrected chi connectivity index (χ2v) is 6.48. The van der Waals surface area contributed by atoms with Gasteiger partial charge in [0.2, 0.25) is 0 Å². The largest absolute Gasteiger partial charge is 0.355 e. The number of hydrogen-bond acceptors (Lipinski definition) is 3. The van der Waals surface area contributed by atoms with Crippen LogP contribution in [0.4, 0.5) is 5.82 Å². The lowest BCUT2D eigenvalue weighted by Gasteiger charge is -2.29. The summed E-state index contributed by atoms with van der Waals surface area (Å²) in [5.74, 6) is 3.59. The zero-order valence-electron chi connectivity index (χ0n) is 10.4. The van der Waals surface area contributed by atoms with Gasteiger partial charge in [-0.3, -0.25) is 0 Å². The van der Waals surface area contributed by atoms with Crippen molar-refractivity contribution in [1.82, 2.24) is 4.98 Å². The molecular formula is C13H20N2S. The van der Waals surface area contributed by atoms with Crippen LogP contribution in [-0.2, 0) is 5.41 Å². The van der Waals surface area contributed by atoms with E-state index in [-0.39, 0.29) is 5.41 Å². The Morgan fingerprint density at radius 1 is 1.25 bits per heavy atom. The van der Waals surface area contributed by atoms with Crippen LogP contribution in [-0.4, -0.2) is 29.6 Å². The second-order valence-electron chi connectivity index (χ2n) is 5.25. The van der Waals surface area contributed by atoms with E-state index in [0.29, 0.717) is 0 Å². The first kappa shape index (κ1) is 11.8. The molecule has 1 fully saturated rings. The van der Waals surface area contributed by atoms with Crippen molar-refractivity contribution >= 4 is 17.6 Å². The van der Waals surface area contributed by atoms with E-state index in [1.165, 1.54) is 17.1 Å². The molecule has 2 nitrogen and oxygen atoms in total. The van der Waals surface area contributed by atoms with Crippen molar-refractivity contribution in [3.8, 4) is 0 Å². The van der Waals surface area contributed by atoms with E-state index < -0.39 is 0 Å². The van der Waals surface area contributed by atoms with Crippen molar-refractivity contribution in [3.05, 3.63) is 23.9 Å². The molecule has 0 spiro atoms. The van der Waals surface area contributed by atoms with Gasteiger partial charge in [0.05, 0.1) is 0 Å². The summed E-state index contributed by atoms with van der Waals surface area (Å²) >= 11 is 2.03. The van der Waals surface area contributed by atoms with Crippen LogP contribution in [0.15, 0.2) is 18.3 Å². The molecular weight excluding hydrogens is 216 g/mol. The molecule has 1 aliphatic rings. The molecule has 16 heavy (non-hydrogen) atoms. The first-order valence-corrected chi connectivity index (χ1v) is 7.02. The summed E-state index contributed by atoms with van der Waals surface area (Å²) in [4.78, 5) is 6.89. The van der Waals surface area contributed by atoms with Crippen LogP contribution in [0.2, 0.25) is 0 Å². The Morgan fingerprint density at radius 3 is 2.56 bits per heavy atom. The minimum atomic E-state index is 0.211. The highest BCUT2D eigenvalue weighted by molar-refractivity contribution is 7.99. The topological polar surface area (TPSA) is 16.1 Å². The van der Waals surface area contributed by atoms with E-state index in [1.807, 2.05) is 18.0 Å². The van der Waals surface area contributed by atoms with Crippen molar-refractivity contribution in [1.29, 1.82) is 0 Å². The highest BCUT2D eigenvalue weighted by Crippen LogP contribution is 2.25. The Hall–Kier alpha value is -0.700. The van der Waals surface area contributed by atoms with Crippen LogP contribution >= 0.6 is 11.8 Å². The number of anilines is 1. The molecule has 0 unspecified atom stereocenters. The Morgan fingerprint density at radius 2 is 1.94 bits per heavy atom. The molecule has 2 rings (SSSR count). The average molecular weight is 236 g/mol. The van der Waals surface area contributed by atoms with E-state index >= 15 is 0 Å². The van der Waals surface area contributed by atoms with Crippen molar-refractivity contribution < 1.29 is 0 Å². The molecule has 0 aliphatic carbocycles. The zero-order chi connectivity index (χ0) is 11.6. The van der Waals surface area contributed by atoms with Gasteiger partial charge in [0.15, 0.2) is 0 Å². The predicted octanol–water partition coefficient (Wildman–Crippen LogP) is 2.93. The molecule has 1 saturated heterocycles. The number of rotatable bonds is 1. The fourth-order valence-corrected chi connectivity index (χ4v) is 2.75. The van der Waals surface area contributed by atoms with Gasteiger partial charge in [-0.1, -0.05) is 20.8 Å². The molecule has 88 valence electrons. The molecule has 2 heterocycles. The van der Waals surface area contributed by atoms with Crippen LogP contribution < -0.4 is 4.90 Å².